The molecule has 0 radical (unpaired) electrons. The smallest absolute Gasteiger partial charge is 0.252 e. The number of hydrogen-bond acceptors (Lipinski definition) is 4. The highest BCUT2D eigenvalue weighted by Gasteiger charge is 2.22. The highest BCUT2D eigenvalue weighted by Crippen LogP contribution is 2.38. The van der Waals surface area contributed by atoms with E-state index in [0.717, 1.165) is 24.3 Å². The molecule has 2 heterocycles. The van der Waals surface area contributed by atoms with Gasteiger partial charge in [0.25, 0.3) is 5.91 Å². The lowest BCUT2D eigenvalue weighted by Crippen LogP contribution is -2.25. The van der Waals surface area contributed by atoms with Crippen LogP contribution in [-0.2, 0) is 11.2 Å². The van der Waals surface area contributed by atoms with Crippen LogP contribution in [0.3, 0.4) is 0 Å². The predicted molar refractivity (Wildman–Crippen MR) is 118 cm³/mol. The summed E-state index contributed by atoms with van der Waals surface area (Å²) in [6.07, 6.45) is 1.95. The third-order valence-corrected chi connectivity index (χ3v) is 5.69. The van der Waals surface area contributed by atoms with Crippen molar-refractivity contribution in [2.75, 3.05) is 23.3 Å². The summed E-state index contributed by atoms with van der Waals surface area (Å²) in [6.45, 7) is 1.38. The molecule has 4 rings (SSSR count). The second-order valence-electron chi connectivity index (χ2n) is 6.97. The van der Waals surface area contributed by atoms with E-state index in [1.807, 2.05) is 41.1 Å². The molecular formula is C23H23N3O2S. The number of nitrogens with one attached hydrogen (secondary N) is 2. The highest BCUT2D eigenvalue weighted by molar-refractivity contribution is 7.08. The lowest BCUT2D eigenvalue weighted by molar-refractivity contribution is -0.116. The summed E-state index contributed by atoms with van der Waals surface area (Å²) in [5, 5.41) is 9.58. The monoisotopic (exact) mass is 405 g/mol. The van der Waals surface area contributed by atoms with Crippen molar-refractivity contribution in [1.29, 1.82) is 0 Å². The first-order valence-electron chi connectivity index (χ1n) is 9.77. The zero-order valence-corrected chi connectivity index (χ0v) is 16.9. The Kier molecular flexibility index (Phi) is 5.91. The van der Waals surface area contributed by atoms with Crippen LogP contribution in [0.1, 0.15) is 28.8 Å². The molecule has 0 atom stereocenters. The van der Waals surface area contributed by atoms with Gasteiger partial charge in [-0.05, 0) is 48.1 Å². The average molecular weight is 406 g/mol. The van der Waals surface area contributed by atoms with Gasteiger partial charge in [-0.15, -0.1) is 0 Å². The van der Waals surface area contributed by atoms with Crippen molar-refractivity contribution in [3.63, 3.8) is 0 Å². The van der Waals surface area contributed by atoms with Crippen molar-refractivity contribution in [2.45, 2.75) is 19.3 Å². The highest BCUT2D eigenvalue weighted by atomic mass is 32.1. The van der Waals surface area contributed by atoms with Crippen LogP contribution in [0.2, 0.25) is 0 Å². The summed E-state index contributed by atoms with van der Waals surface area (Å²) in [4.78, 5) is 26.6. The molecule has 0 fully saturated rings. The minimum absolute atomic E-state index is 0.0466. The lowest BCUT2D eigenvalue weighted by atomic mass is 10.1. The molecule has 0 unspecified atom stereocenters. The van der Waals surface area contributed by atoms with E-state index >= 15 is 0 Å². The molecule has 0 spiro atoms. The number of carbonyl (C=O) groups is 2. The van der Waals surface area contributed by atoms with E-state index in [1.54, 1.807) is 6.07 Å². The van der Waals surface area contributed by atoms with Gasteiger partial charge >= 0.3 is 0 Å². The van der Waals surface area contributed by atoms with Crippen LogP contribution in [0.15, 0.2) is 65.4 Å². The normalized spacial score (nSPS) is 12.5. The van der Waals surface area contributed by atoms with E-state index in [1.165, 1.54) is 22.6 Å². The van der Waals surface area contributed by atoms with Gasteiger partial charge in [0.15, 0.2) is 0 Å². The molecule has 1 aliphatic heterocycles. The maximum atomic E-state index is 12.5. The maximum Gasteiger partial charge on any atom is 0.252 e. The van der Waals surface area contributed by atoms with Gasteiger partial charge in [-0.3, -0.25) is 9.59 Å². The Morgan fingerprint density at radius 1 is 1.00 bits per heavy atom. The second kappa shape index (κ2) is 8.92. The first kappa shape index (κ1) is 19.2. The zero-order chi connectivity index (χ0) is 20.1. The fourth-order valence-electron chi connectivity index (χ4n) is 3.56. The van der Waals surface area contributed by atoms with Crippen molar-refractivity contribution < 1.29 is 9.59 Å². The first-order valence-corrected chi connectivity index (χ1v) is 10.7. The summed E-state index contributed by atoms with van der Waals surface area (Å²) in [6, 6.07) is 18.1. The SMILES string of the molecule is O=C(CCCNC(=O)c1ccsc1)Nc1ccccc1N1CCc2ccccc21. The van der Waals surface area contributed by atoms with Crippen molar-refractivity contribution >= 4 is 40.2 Å². The van der Waals surface area contributed by atoms with Crippen LogP contribution in [-0.4, -0.2) is 24.9 Å². The Balaban J connectivity index is 1.33. The molecule has 0 saturated heterocycles. The van der Waals surface area contributed by atoms with Gasteiger partial charge in [-0.1, -0.05) is 30.3 Å². The van der Waals surface area contributed by atoms with Gasteiger partial charge in [0.05, 0.1) is 11.4 Å². The molecule has 1 aromatic heterocycles. The van der Waals surface area contributed by atoms with Crippen molar-refractivity contribution in [2.24, 2.45) is 0 Å². The Bertz CT molecular complexity index is 1000. The molecule has 0 aliphatic carbocycles. The first-order chi connectivity index (χ1) is 14.2. The number of thiophene rings is 1. The molecule has 3 aromatic rings. The molecule has 0 saturated carbocycles. The molecule has 6 heteroatoms. The van der Waals surface area contributed by atoms with Gasteiger partial charge in [-0.25, -0.2) is 0 Å². The van der Waals surface area contributed by atoms with Gasteiger partial charge < -0.3 is 15.5 Å². The number of nitrogens with zero attached hydrogens (tertiary/aromatic N) is 1. The number of hydrogen-bond donors (Lipinski definition) is 2. The van der Waals surface area contributed by atoms with Crippen LogP contribution in [0.25, 0.3) is 0 Å². The van der Waals surface area contributed by atoms with Gasteiger partial charge in [-0.2, -0.15) is 11.3 Å². The molecule has 1 aliphatic rings. The number of benzene rings is 2. The molecular weight excluding hydrogens is 382 g/mol. The molecule has 0 bridgehead atoms. The summed E-state index contributed by atoms with van der Waals surface area (Å²) >= 11 is 1.49. The quantitative estimate of drug-likeness (QED) is 0.565. The van der Waals surface area contributed by atoms with Crippen molar-refractivity contribution in [3.05, 3.63) is 76.5 Å². The fraction of sp³-hybridized carbons (Fsp3) is 0.217. The third-order valence-electron chi connectivity index (χ3n) is 5.01. The summed E-state index contributed by atoms with van der Waals surface area (Å²) in [7, 11) is 0. The van der Waals surface area contributed by atoms with Gasteiger partial charge in [0, 0.05) is 36.1 Å². The standard InChI is InChI=1S/C23H23N3O2S/c27-22(10-5-13-24-23(28)18-12-15-29-16-18)25-19-7-2-4-9-21(19)26-14-11-17-6-1-3-8-20(17)26/h1-4,6-9,12,15-16H,5,10-11,13-14H2,(H,24,28)(H,25,27). The molecule has 2 aromatic carbocycles. The minimum atomic E-state index is -0.0929. The molecule has 148 valence electrons. The fourth-order valence-corrected chi connectivity index (χ4v) is 4.20. The van der Waals surface area contributed by atoms with E-state index in [9.17, 15) is 9.59 Å². The number of para-hydroxylation sites is 3. The van der Waals surface area contributed by atoms with Crippen molar-refractivity contribution in [1.82, 2.24) is 5.32 Å². The lowest BCUT2D eigenvalue weighted by Gasteiger charge is -2.23. The maximum absolute atomic E-state index is 12.5. The minimum Gasteiger partial charge on any atom is -0.352 e. The van der Waals surface area contributed by atoms with E-state index in [-0.39, 0.29) is 11.8 Å². The third kappa shape index (κ3) is 4.49. The Morgan fingerprint density at radius 3 is 2.62 bits per heavy atom. The zero-order valence-electron chi connectivity index (χ0n) is 16.1. The summed E-state index contributed by atoms with van der Waals surface area (Å²) in [5.41, 5.74) is 5.02. The van der Waals surface area contributed by atoms with Gasteiger partial charge in [0.2, 0.25) is 5.91 Å². The van der Waals surface area contributed by atoms with Gasteiger partial charge in [0.1, 0.15) is 0 Å². The van der Waals surface area contributed by atoms with Crippen molar-refractivity contribution in [3.8, 4) is 0 Å². The number of rotatable bonds is 7. The molecule has 2 amide bonds. The number of anilines is 3. The summed E-state index contributed by atoms with van der Waals surface area (Å²) < 4.78 is 0. The largest absolute Gasteiger partial charge is 0.352 e. The van der Waals surface area contributed by atoms with Crippen LogP contribution in [0.5, 0.6) is 0 Å². The van der Waals surface area contributed by atoms with E-state index in [2.05, 4.69) is 33.7 Å². The predicted octanol–water partition coefficient (Wildman–Crippen LogP) is 4.59. The van der Waals surface area contributed by atoms with Crippen LogP contribution in [0.4, 0.5) is 17.1 Å². The van der Waals surface area contributed by atoms with Crippen LogP contribution in [0, 0.1) is 0 Å². The second-order valence-corrected chi connectivity index (χ2v) is 7.75. The molecule has 5 nitrogen and oxygen atoms in total. The topological polar surface area (TPSA) is 61.4 Å². The summed E-state index contributed by atoms with van der Waals surface area (Å²) in [5.74, 6) is -0.139. The average Bonchev–Trinajstić information content (AvgIpc) is 3.42. The van der Waals surface area contributed by atoms with E-state index in [4.69, 9.17) is 0 Å². The number of amides is 2. The van der Waals surface area contributed by atoms with Crippen LogP contribution < -0.4 is 15.5 Å². The van der Waals surface area contributed by atoms with E-state index < -0.39 is 0 Å². The molecule has 2 N–H and O–H groups in total. The number of fused-ring (bicyclic) bond motifs is 1. The Labute approximate surface area is 174 Å². The Hall–Kier alpha value is -3.12. The molecule has 29 heavy (non-hydrogen) atoms. The Morgan fingerprint density at radius 2 is 1.79 bits per heavy atom. The van der Waals surface area contributed by atoms with E-state index in [0.29, 0.717) is 24.9 Å². The van der Waals surface area contributed by atoms with Crippen LogP contribution >= 0.6 is 11.3 Å². The number of carbonyl (C=O) groups excluding carboxylic acids is 2.